The molecule has 10 heteroatoms. The molecule has 6 N–H and O–H groups in total. The highest BCUT2D eigenvalue weighted by atomic mass is 16.7. The number of aliphatic hydroxyl groups excluding tert-OH is 2. The van der Waals surface area contributed by atoms with Crippen molar-refractivity contribution in [2.45, 2.75) is 63.4 Å². The summed E-state index contributed by atoms with van der Waals surface area (Å²) in [4.78, 5) is 33.8. The van der Waals surface area contributed by atoms with Gasteiger partial charge >= 0.3 is 5.97 Å². The minimum Gasteiger partial charge on any atom is -0.477 e. The van der Waals surface area contributed by atoms with Crippen LogP contribution in [0, 0.1) is 0 Å². The average molecular weight is 334 g/mol. The predicted molar refractivity (Wildman–Crippen MR) is 75.0 cm³/mol. The van der Waals surface area contributed by atoms with Crippen LogP contribution in [-0.4, -0.2) is 74.4 Å². The number of carboxylic acids is 1. The monoisotopic (exact) mass is 334 g/mol. The van der Waals surface area contributed by atoms with Crippen molar-refractivity contribution in [3.05, 3.63) is 0 Å². The van der Waals surface area contributed by atoms with Gasteiger partial charge in [-0.1, -0.05) is 0 Å². The van der Waals surface area contributed by atoms with Gasteiger partial charge < -0.3 is 35.8 Å². The van der Waals surface area contributed by atoms with E-state index in [2.05, 4.69) is 10.6 Å². The number of carboxylic acid groups (broad SMARTS) is 1. The molecule has 1 rings (SSSR count). The number of carbonyl (C=O) groups excluding carboxylic acids is 2. The molecule has 10 nitrogen and oxygen atoms in total. The van der Waals surface area contributed by atoms with Crippen molar-refractivity contribution < 1.29 is 39.5 Å². The normalized spacial score (nSPS) is 33.4. The molecule has 0 spiro atoms. The molecule has 1 saturated heterocycles. The van der Waals surface area contributed by atoms with Crippen LogP contribution in [0.15, 0.2) is 0 Å². The number of aliphatic hydroxyl groups is 3. The van der Waals surface area contributed by atoms with E-state index in [9.17, 15) is 29.7 Å². The van der Waals surface area contributed by atoms with Gasteiger partial charge in [0.25, 0.3) is 5.79 Å². The molecule has 6 atom stereocenters. The van der Waals surface area contributed by atoms with Crippen LogP contribution in [0.2, 0.25) is 0 Å². The summed E-state index contributed by atoms with van der Waals surface area (Å²) in [5, 5.41) is 43.8. The van der Waals surface area contributed by atoms with E-state index in [1.807, 2.05) is 0 Å². The zero-order valence-corrected chi connectivity index (χ0v) is 13.0. The van der Waals surface area contributed by atoms with E-state index in [4.69, 9.17) is 9.84 Å². The van der Waals surface area contributed by atoms with Crippen LogP contribution in [0.1, 0.15) is 27.2 Å². The van der Waals surface area contributed by atoms with Crippen molar-refractivity contribution >= 4 is 17.8 Å². The summed E-state index contributed by atoms with van der Waals surface area (Å²) in [5.41, 5.74) is 0. The fraction of sp³-hybridized carbons (Fsp3) is 0.769. The standard InChI is InChI=1S/C13H22N2O8/c1-5(16)9(14-6(2)17)11-10(15-7(3)18)8(19)4-13(22,23-11)12(20)21/h5,8-11,16,19,22H,4H2,1-3H3,(H,14,17)(H,15,18)(H,20,21)/t5-,8-,9-,10+,11-,13?/m0/s1. The summed E-state index contributed by atoms with van der Waals surface area (Å²) in [7, 11) is 0. The van der Waals surface area contributed by atoms with Crippen molar-refractivity contribution in [3.63, 3.8) is 0 Å². The number of carbonyl (C=O) groups is 3. The van der Waals surface area contributed by atoms with Crippen LogP contribution in [0.3, 0.4) is 0 Å². The molecule has 1 unspecified atom stereocenters. The number of hydrogen-bond donors (Lipinski definition) is 6. The van der Waals surface area contributed by atoms with E-state index in [-0.39, 0.29) is 0 Å². The van der Waals surface area contributed by atoms with E-state index in [1.165, 1.54) is 20.8 Å². The highest BCUT2D eigenvalue weighted by molar-refractivity contribution is 5.76. The molecule has 0 aromatic carbocycles. The lowest BCUT2D eigenvalue weighted by atomic mass is 9.87. The lowest BCUT2D eigenvalue weighted by Gasteiger charge is -2.45. The maximum atomic E-state index is 11.3. The molecule has 0 aliphatic carbocycles. The van der Waals surface area contributed by atoms with Gasteiger partial charge in [-0.25, -0.2) is 4.79 Å². The van der Waals surface area contributed by atoms with Crippen LogP contribution in [0.4, 0.5) is 0 Å². The van der Waals surface area contributed by atoms with E-state index in [0.717, 1.165) is 0 Å². The zero-order chi connectivity index (χ0) is 17.9. The number of rotatable bonds is 5. The Morgan fingerprint density at radius 2 is 1.83 bits per heavy atom. The third-order valence-electron chi connectivity index (χ3n) is 3.53. The zero-order valence-electron chi connectivity index (χ0n) is 13.0. The van der Waals surface area contributed by atoms with Crippen molar-refractivity contribution in [2.24, 2.45) is 0 Å². The number of ether oxygens (including phenoxy) is 1. The molecule has 132 valence electrons. The van der Waals surface area contributed by atoms with Gasteiger partial charge in [-0.2, -0.15) is 0 Å². The molecule has 2 amide bonds. The van der Waals surface area contributed by atoms with Gasteiger partial charge in [0.05, 0.1) is 24.3 Å². The quantitative estimate of drug-likeness (QED) is 0.316. The first-order valence-electron chi connectivity index (χ1n) is 7.02. The minimum absolute atomic E-state index is 0.532. The Balaban J connectivity index is 3.21. The second-order valence-corrected chi connectivity index (χ2v) is 5.64. The molecule has 23 heavy (non-hydrogen) atoms. The van der Waals surface area contributed by atoms with Gasteiger partial charge in [0.1, 0.15) is 6.10 Å². The molecule has 0 bridgehead atoms. The molecule has 0 radical (unpaired) electrons. The second-order valence-electron chi connectivity index (χ2n) is 5.64. The Labute approximate surface area is 132 Å². The lowest BCUT2D eigenvalue weighted by molar-refractivity contribution is -0.283. The Kier molecular flexibility index (Phi) is 6.05. The van der Waals surface area contributed by atoms with E-state index in [1.54, 1.807) is 0 Å². The molecule has 0 aromatic rings. The van der Waals surface area contributed by atoms with Crippen LogP contribution >= 0.6 is 0 Å². The predicted octanol–water partition coefficient (Wildman–Crippen LogP) is -2.70. The average Bonchev–Trinajstić information content (AvgIpc) is 2.38. The molecule has 1 fully saturated rings. The van der Waals surface area contributed by atoms with Crippen molar-refractivity contribution in [1.82, 2.24) is 10.6 Å². The number of nitrogens with one attached hydrogen (secondary N) is 2. The molecule has 0 saturated carbocycles. The summed E-state index contributed by atoms with van der Waals surface area (Å²) >= 11 is 0. The van der Waals surface area contributed by atoms with Gasteiger partial charge in [-0.15, -0.1) is 0 Å². The first-order valence-corrected chi connectivity index (χ1v) is 7.02. The van der Waals surface area contributed by atoms with Crippen molar-refractivity contribution in [1.29, 1.82) is 0 Å². The smallest absolute Gasteiger partial charge is 0.364 e. The van der Waals surface area contributed by atoms with Gasteiger partial charge in [-0.05, 0) is 6.92 Å². The topological polar surface area (TPSA) is 165 Å². The first-order chi connectivity index (χ1) is 10.5. The lowest BCUT2D eigenvalue weighted by Crippen LogP contribution is -2.69. The molecule has 1 aliphatic rings. The van der Waals surface area contributed by atoms with Crippen LogP contribution in [0.5, 0.6) is 0 Å². The summed E-state index contributed by atoms with van der Waals surface area (Å²) < 4.78 is 5.15. The van der Waals surface area contributed by atoms with Gasteiger partial charge in [0, 0.05) is 20.3 Å². The number of amides is 2. The summed E-state index contributed by atoms with van der Waals surface area (Å²) in [6, 6.07) is -2.29. The Morgan fingerprint density at radius 3 is 2.22 bits per heavy atom. The molecular formula is C13H22N2O8. The number of hydrogen-bond acceptors (Lipinski definition) is 7. The van der Waals surface area contributed by atoms with Crippen molar-refractivity contribution in [2.75, 3.05) is 0 Å². The van der Waals surface area contributed by atoms with E-state index >= 15 is 0 Å². The first kappa shape index (κ1) is 19.3. The summed E-state index contributed by atoms with van der Waals surface area (Å²) in [6.07, 6.45) is -4.72. The summed E-state index contributed by atoms with van der Waals surface area (Å²) in [6.45, 7) is 3.67. The Bertz CT molecular complexity index is 465. The SMILES string of the molecule is CC(=O)N[C@H]([C@@H]1OC(O)(C(=O)O)C[C@H](O)[C@H]1NC(C)=O)[C@H](C)O. The van der Waals surface area contributed by atoms with Crippen LogP contribution in [-0.2, 0) is 19.1 Å². The molecular weight excluding hydrogens is 312 g/mol. The molecule has 1 aliphatic heterocycles. The maximum Gasteiger partial charge on any atom is 0.364 e. The number of aliphatic carboxylic acids is 1. The maximum absolute atomic E-state index is 11.3. The van der Waals surface area contributed by atoms with E-state index in [0.29, 0.717) is 0 Å². The summed E-state index contributed by atoms with van der Waals surface area (Å²) in [5.74, 6) is -5.50. The fourth-order valence-electron chi connectivity index (χ4n) is 2.54. The van der Waals surface area contributed by atoms with Crippen molar-refractivity contribution in [3.8, 4) is 0 Å². The van der Waals surface area contributed by atoms with Gasteiger partial charge in [-0.3, -0.25) is 9.59 Å². The van der Waals surface area contributed by atoms with Crippen LogP contribution < -0.4 is 10.6 Å². The third-order valence-corrected chi connectivity index (χ3v) is 3.53. The minimum atomic E-state index is -2.70. The highest BCUT2D eigenvalue weighted by Crippen LogP contribution is 2.30. The fourth-order valence-corrected chi connectivity index (χ4v) is 2.54. The highest BCUT2D eigenvalue weighted by Gasteiger charge is 2.53. The molecule has 1 heterocycles. The van der Waals surface area contributed by atoms with Crippen LogP contribution in [0.25, 0.3) is 0 Å². The third kappa shape index (κ3) is 4.61. The Hall–Kier alpha value is -1.75. The van der Waals surface area contributed by atoms with E-state index < -0.39 is 60.4 Å². The Morgan fingerprint density at radius 1 is 1.26 bits per heavy atom. The van der Waals surface area contributed by atoms with Gasteiger partial charge in [0.2, 0.25) is 11.8 Å². The largest absolute Gasteiger partial charge is 0.477 e. The molecule has 0 aromatic heterocycles. The van der Waals surface area contributed by atoms with Gasteiger partial charge in [0.15, 0.2) is 0 Å². The second kappa shape index (κ2) is 7.21.